The highest BCUT2D eigenvalue weighted by Gasteiger charge is 2.31. The number of carboxylic acids is 1. The van der Waals surface area contributed by atoms with Gasteiger partial charge in [0.05, 0.1) is 5.92 Å². The second kappa shape index (κ2) is 6.07. The lowest BCUT2D eigenvalue weighted by Crippen LogP contribution is -2.44. The van der Waals surface area contributed by atoms with Crippen LogP contribution in [0.25, 0.3) is 0 Å². The summed E-state index contributed by atoms with van der Waals surface area (Å²) in [5, 5.41) is 11.9. The average molecular weight is 257 g/mol. The van der Waals surface area contributed by atoms with Gasteiger partial charge in [-0.25, -0.2) is 4.79 Å². The van der Waals surface area contributed by atoms with Gasteiger partial charge in [-0.05, 0) is 33.6 Å². The van der Waals surface area contributed by atoms with Crippen LogP contribution in [0.4, 0.5) is 4.79 Å². The van der Waals surface area contributed by atoms with Gasteiger partial charge in [-0.15, -0.1) is 0 Å². The fourth-order valence-corrected chi connectivity index (χ4v) is 2.23. The number of carboxylic acid groups (broad SMARTS) is 1. The van der Waals surface area contributed by atoms with Crippen LogP contribution in [0.3, 0.4) is 0 Å². The van der Waals surface area contributed by atoms with Gasteiger partial charge in [0.2, 0.25) is 0 Å². The van der Waals surface area contributed by atoms with Crippen molar-refractivity contribution in [2.24, 2.45) is 5.92 Å². The number of nitrogens with one attached hydrogen (secondary N) is 1. The maximum atomic E-state index is 11.7. The molecule has 5 nitrogen and oxygen atoms in total. The topological polar surface area (TPSA) is 75.6 Å². The summed E-state index contributed by atoms with van der Waals surface area (Å²) in [6.07, 6.45) is 3.68. The van der Waals surface area contributed by atoms with Crippen LogP contribution in [0.1, 0.15) is 52.9 Å². The van der Waals surface area contributed by atoms with E-state index in [4.69, 9.17) is 4.74 Å². The van der Waals surface area contributed by atoms with Crippen molar-refractivity contribution in [1.82, 2.24) is 5.32 Å². The van der Waals surface area contributed by atoms with Crippen LogP contribution < -0.4 is 5.32 Å². The summed E-state index contributed by atoms with van der Waals surface area (Å²) < 4.78 is 5.17. The third-order valence-corrected chi connectivity index (χ3v) is 3.04. The van der Waals surface area contributed by atoms with E-state index in [0.717, 1.165) is 19.3 Å². The number of carbonyl (C=O) groups excluding carboxylic acids is 1. The fraction of sp³-hybridized carbons (Fsp3) is 0.846. The van der Waals surface area contributed by atoms with Crippen LogP contribution in [0.5, 0.6) is 0 Å². The van der Waals surface area contributed by atoms with E-state index in [0.29, 0.717) is 12.8 Å². The van der Waals surface area contributed by atoms with Crippen molar-refractivity contribution >= 4 is 12.1 Å². The van der Waals surface area contributed by atoms with Crippen molar-refractivity contribution in [3.63, 3.8) is 0 Å². The summed E-state index contributed by atoms with van der Waals surface area (Å²) in [5.41, 5.74) is -0.562. The lowest BCUT2D eigenvalue weighted by Gasteiger charge is -2.25. The molecule has 0 aromatic carbocycles. The zero-order chi connectivity index (χ0) is 13.8. The minimum Gasteiger partial charge on any atom is -0.481 e. The van der Waals surface area contributed by atoms with E-state index in [1.807, 2.05) is 0 Å². The Morgan fingerprint density at radius 2 is 1.78 bits per heavy atom. The van der Waals surface area contributed by atoms with Gasteiger partial charge in [-0.1, -0.05) is 19.3 Å². The monoisotopic (exact) mass is 257 g/mol. The quantitative estimate of drug-likeness (QED) is 0.745. The molecule has 1 aliphatic carbocycles. The molecule has 1 fully saturated rings. The van der Waals surface area contributed by atoms with Crippen molar-refractivity contribution < 1.29 is 19.4 Å². The van der Waals surface area contributed by atoms with Gasteiger partial charge in [0.15, 0.2) is 0 Å². The number of amides is 1. The standard InChI is InChI=1S/C13H23NO4/c1-13(2,3)18-12(17)14-10-8-6-4-5-7-9(10)11(15)16/h9-10H,4-8H2,1-3H3,(H,14,17)(H,15,16)/t9-,10-/m1/s1. The lowest BCUT2D eigenvalue weighted by molar-refractivity contribution is -0.142. The number of hydrogen-bond donors (Lipinski definition) is 2. The molecule has 5 heteroatoms. The van der Waals surface area contributed by atoms with Crippen molar-refractivity contribution in [3.8, 4) is 0 Å². The Morgan fingerprint density at radius 3 is 2.33 bits per heavy atom. The molecular formula is C13H23NO4. The van der Waals surface area contributed by atoms with Gasteiger partial charge in [0, 0.05) is 6.04 Å². The van der Waals surface area contributed by atoms with Gasteiger partial charge < -0.3 is 15.2 Å². The number of alkyl carbamates (subject to hydrolysis) is 1. The zero-order valence-corrected chi connectivity index (χ0v) is 11.4. The highest BCUT2D eigenvalue weighted by molar-refractivity contribution is 5.73. The molecule has 0 radical (unpaired) electrons. The number of hydrogen-bond acceptors (Lipinski definition) is 3. The number of aliphatic carboxylic acids is 1. The molecule has 1 rings (SSSR count). The average Bonchev–Trinajstić information content (AvgIpc) is 2.39. The Bertz CT molecular complexity index is 309. The van der Waals surface area contributed by atoms with Crippen LogP contribution >= 0.6 is 0 Å². The molecule has 0 bridgehead atoms. The van der Waals surface area contributed by atoms with E-state index in [1.165, 1.54) is 0 Å². The lowest BCUT2D eigenvalue weighted by atomic mass is 9.95. The molecule has 0 aromatic rings. The summed E-state index contributed by atoms with van der Waals surface area (Å²) >= 11 is 0. The van der Waals surface area contributed by atoms with E-state index >= 15 is 0 Å². The molecule has 0 heterocycles. The molecule has 1 saturated carbocycles. The number of carbonyl (C=O) groups is 2. The van der Waals surface area contributed by atoms with Gasteiger partial charge in [0.1, 0.15) is 5.60 Å². The molecular weight excluding hydrogens is 234 g/mol. The predicted molar refractivity (Wildman–Crippen MR) is 67.4 cm³/mol. The number of ether oxygens (including phenoxy) is 1. The second-order valence-electron chi connectivity index (χ2n) is 5.84. The van der Waals surface area contributed by atoms with Gasteiger partial charge >= 0.3 is 12.1 Å². The first kappa shape index (κ1) is 14.8. The summed E-state index contributed by atoms with van der Waals surface area (Å²) in [7, 11) is 0. The molecule has 1 aliphatic rings. The van der Waals surface area contributed by atoms with Crippen LogP contribution in [-0.4, -0.2) is 28.8 Å². The summed E-state index contributed by atoms with van der Waals surface area (Å²) in [4.78, 5) is 22.9. The first-order chi connectivity index (χ1) is 8.29. The minimum atomic E-state index is -0.835. The van der Waals surface area contributed by atoms with Gasteiger partial charge in [-0.3, -0.25) is 4.79 Å². The maximum absolute atomic E-state index is 11.7. The van der Waals surface area contributed by atoms with Crippen LogP contribution in [-0.2, 0) is 9.53 Å². The second-order valence-corrected chi connectivity index (χ2v) is 5.84. The molecule has 1 amide bonds. The van der Waals surface area contributed by atoms with E-state index in [9.17, 15) is 14.7 Å². The third-order valence-electron chi connectivity index (χ3n) is 3.04. The fourth-order valence-electron chi connectivity index (χ4n) is 2.23. The highest BCUT2D eigenvalue weighted by atomic mass is 16.6. The molecule has 18 heavy (non-hydrogen) atoms. The van der Waals surface area contributed by atoms with E-state index < -0.39 is 23.6 Å². The van der Waals surface area contributed by atoms with Crippen molar-refractivity contribution in [2.75, 3.05) is 0 Å². The summed E-state index contributed by atoms with van der Waals surface area (Å²) in [5.74, 6) is -1.34. The normalized spacial score (nSPS) is 25.1. The largest absolute Gasteiger partial charge is 0.481 e. The first-order valence-electron chi connectivity index (χ1n) is 6.52. The van der Waals surface area contributed by atoms with E-state index in [2.05, 4.69) is 5.32 Å². The van der Waals surface area contributed by atoms with Crippen molar-refractivity contribution in [3.05, 3.63) is 0 Å². The zero-order valence-electron chi connectivity index (χ0n) is 11.4. The Kier molecular flexibility index (Phi) is 4.99. The Labute approximate surface area is 108 Å². The van der Waals surface area contributed by atoms with E-state index in [1.54, 1.807) is 20.8 Å². The number of rotatable bonds is 2. The Hall–Kier alpha value is -1.26. The first-order valence-corrected chi connectivity index (χ1v) is 6.52. The Balaban J connectivity index is 2.60. The van der Waals surface area contributed by atoms with Crippen LogP contribution in [0.15, 0.2) is 0 Å². The molecule has 0 spiro atoms. The van der Waals surface area contributed by atoms with E-state index in [-0.39, 0.29) is 6.04 Å². The molecule has 0 aliphatic heterocycles. The van der Waals surface area contributed by atoms with Crippen LogP contribution in [0, 0.1) is 5.92 Å². The van der Waals surface area contributed by atoms with Crippen LogP contribution in [0.2, 0.25) is 0 Å². The molecule has 2 N–H and O–H groups in total. The van der Waals surface area contributed by atoms with Crippen molar-refractivity contribution in [2.45, 2.75) is 64.5 Å². The van der Waals surface area contributed by atoms with Gasteiger partial charge in [-0.2, -0.15) is 0 Å². The molecule has 0 saturated heterocycles. The summed E-state index contributed by atoms with van der Waals surface area (Å²) in [6.45, 7) is 5.36. The SMILES string of the molecule is CC(C)(C)OC(=O)N[C@@H]1CCCCC[C@H]1C(=O)O. The molecule has 0 unspecified atom stereocenters. The molecule has 104 valence electrons. The third kappa shape index (κ3) is 4.94. The summed E-state index contributed by atoms with van der Waals surface area (Å²) in [6, 6.07) is -0.320. The van der Waals surface area contributed by atoms with Gasteiger partial charge in [0.25, 0.3) is 0 Å². The highest BCUT2D eigenvalue weighted by Crippen LogP contribution is 2.24. The Morgan fingerprint density at radius 1 is 1.17 bits per heavy atom. The molecule has 2 atom stereocenters. The predicted octanol–water partition coefficient (Wildman–Crippen LogP) is 2.54. The minimum absolute atomic E-state index is 0.320. The van der Waals surface area contributed by atoms with Crippen molar-refractivity contribution in [1.29, 1.82) is 0 Å². The maximum Gasteiger partial charge on any atom is 0.407 e. The smallest absolute Gasteiger partial charge is 0.407 e. The molecule has 0 aromatic heterocycles.